The maximum atomic E-state index is 13.3. The van der Waals surface area contributed by atoms with E-state index in [0.717, 1.165) is 122 Å². The van der Waals surface area contributed by atoms with Crippen LogP contribution in [0.2, 0.25) is 15.5 Å². The second kappa shape index (κ2) is 30.7. The van der Waals surface area contributed by atoms with E-state index >= 15 is 0 Å². The van der Waals surface area contributed by atoms with Gasteiger partial charge in [-0.1, -0.05) is 34.8 Å². The Morgan fingerprint density at radius 3 is 1.43 bits per heavy atom. The van der Waals surface area contributed by atoms with Crippen LogP contribution in [0.5, 0.6) is 5.88 Å². The summed E-state index contributed by atoms with van der Waals surface area (Å²) in [4.78, 5) is 16.0. The smallest absolute Gasteiger partial charge is 1.00 e. The summed E-state index contributed by atoms with van der Waals surface area (Å²) in [5, 5.41) is 17.6. The molecule has 19 rings (SSSR count). The van der Waals surface area contributed by atoms with Crippen molar-refractivity contribution in [3.05, 3.63) is 82.4 Å². The SMILES string of the molecule is O=S(=O)(NC12CC(C1)C2)c1cc(Br)cnc1Cl.O=S(=O)(c1cc(Br)cnc1Cl)N(CCO)C12CC(C1)C2.O=S(=O)(c1cc(Br)cnc1Cl)N(CCOC1CCCCO1)C12CC(C1)C2.O=S1(=O)c2cc(Br)cnc2OCCN1C12CC(C1)C2.OCCOC1CCCCO1.[H-].[Na+]. The molecule has 0 spiro atoms. The van der Waals surface area contributed by atoms with Gasteiger partial charge >= 0.3 is 29.6 Å². The zero-order valence-electron chi connectivity index (χ0n) is 52.0. The summed E-state index contributed by atoms with van der Waals surface area (Å²) in [6.45, 7) is 3.28. The molecule has 35 heteroatoms. The first-order valence-corrected chi connectivity index (χ1v) is 40.8. The minimum absolute atomic E-state index is 0. The molecule has 4 aromatic rings. The van der Waals surface area contributed by atoms with Crippen LogP contribution in [0.15, 0.2) is 86.5 Å². The fourth-order valence-electron chi connectivity index (χ4n) is 14.3. The molecule has 2 saturated heterocycles. The van der Waals surface area contributed by atoms with Gasteiger partial charge in [0.25, 0.3) is 0 Å². The Labute approximate surface area is 616 Å². The number of rotatable bonds is 19. The average molecular weight is 1700 g/mol. The molecule has 0 aromatic carbocycles. The fourth-order valence-corrected chi connectivity index (χ4v) is 24.4. The normalized spacial score (nSPS) is 30.3. The van der Waals surface area contributed by atoms with E-state index in [1.54, 1.807) is 20.9 Å². The summed E-state index contributed by atoms with van der Waals surface area (Å²) in [7, 11) is -14.6. The van der Waals surface area contributed by atoms with E-state index in [4.69, 9.17) is 63.6 Å². The van der Waals surface area contributed by atoms with E-state index in [1.807, 2.05) is 0 Å². The van der Waals surface area contributed by atoms with Crippen molar-refractivity contribution >= 4 is 139 Å². The van der Waals surface area contributed by atoms with Crippen LogP contribution in [0.25, 0.3) is 0 Å². The van der Waals surface area contributed by atoms with Gasteiger partial charge in [0.05, 0.1) is 26.4 Å². The minimum Gasteiger partial charge on any atom is -1.00 e. The summed E-state index contributed by atoms with van der Waals surface area (Å²) in [5.41, 5.74) is -0.907. The van der Waals surface area contributed by atoms with Crippen molar-refractivity contribution in [1.29, 1.82) is 0 Å². The molecule has 23 nitrogen and oxygen atoms in total. The summed E-state index contributed by atoms with van der Waals surface area (Å²) < 4.78 is 139. The molecule has 0 radical (unpaired) electrons. The molecule has 12 aliphatic carbocycles. The predicted molar refractivity (Wildman–Crippen MR) is 355 cm³/mol. The van der Waals surface area contributed by atoms with Crippen LogP contribution >= 0.6 is 98.5 Å². The molecule has 510 valence electrons. The van der Waals surface area contributed by atoms with Crippen LogP contribution in [0, 0.1) is 23.7 Å². The number of β-amino-alcohol motifs (C(OH)–C–C–N with tert-alkyl or cyclic N) is 1. The van der Waals surface area contributed by atoms with Gasteiger partial charge in [-0.25, -0.2) is 58.3 Å². The van der Waals surface area contributed by atoms with E-state index in [9.17, 15) is 38.8 Å². The Kier molecular flexibility index (Phi) is 24.8. The largest absolute Gasteiger partial charge is 1.00 e. The molecule has 2 unspecified atom stereocenters. The van der Waals surface area contributed by atoms with Gasteiger partial charge in [-0.15, -0.1) is 0 Å². The van der Waals surface area contributed by atoms with Crippen LogP contribution in [-0.4, -0.2) is 177 Å². The van der Waals surface area contributed by atoms with E-state index in [-0.39, 0.29) is 126 Å². The van der Waals surface area contributed by atoms with Crippen molar-refractivity contribution in [3.8, 4) is 5.88 Å². The number of hydrogen-bond acceptors (Lipinski definition) is 19. The summed E-state index contributed by atoms with van der Waals surface area (Å²) in [6, 6.07) is 6.04. The number of halogens is 7. The summed E-state index contributed by atoms with van der Waals surface area (Å²) >= 11 is 30.9. The van der Waals surface area contributed by atoms with Crippen molar-refractivity contribution in [2.45, 2.75) is 170 Å². The van der Waals surface area contributed by atoms with Gasteiger partial charge in [-0.3, -0.25) is 0 Å². The van der Waals surface area contributed by atoms with E-state index in [1.165, 1.54) is 47.5 Å². The Morgan fingerprint density at radius 1 is 0.591 bits per heavy atom. The Hall–Kier alpha value is -0.410. The summed E-state index contributed by atoms with van der Waals surface area (Å²) in [5.74, 6) is 2.97. The number of pyridine rings is 4. The molecule has 14 fully saturated rings. The fraction of sp³-hybridized carbons (Fsp3) is 0.655. The molecular formula is C58H74Br4Cl3N8NaO15S4. The number of hydrogen-bond donors (Lipinski definition) is 3. The van der Waals surface area contributed by atoms with Gasteiger partial charge in [0, 0.05) is 97.7 Å². The second-order valence-electron chi connectivity index (χ2n) is 25.6. The van der Waals surface area contributed by atoms with Crippen LogP contribution in [0.3, 0.4) is 0 Å². The average Bonchev–Trinajstić information content (AvgIpc) is 0.862. The molecule has 7 heterocycles. The summed E-state index contributed by atoms with van der Waals surface area (Å²) in [6.07, 6.45) is 23.3. The number of nitrogens with zero attached hydrogens (tertiary/aromatic N) is 7. The van der Waals surface area contributed by atoms with Crippen molar-refractivity contribution < 1.29 is 98.6 Å². The molecule has 15 aliphatic rings. The number of nitrogens with one attached hydrogen (secondary N) is 1. The zero-order valence-corrected chi connectivity index (χ0v) is 64.9. The van der Waals surface area contributed by atoms with Gasteiger partial charge in [0.15, 0.2) is 12.6 Å². The number of aromatic nitrogens is 4. The molecule has 12 saturated carbocycles. The molecule has 0 amide bonds. The first kappa shape index (κ1) is 75.3. The quantitative estimate of drug-likeness (QED) is 0.0610. The maximum Gasteiger partial charge on any atom is 1.00 e. The minimum atomic E-state index is -3.75. The van der Waals surface area contributed by atoms with E-state index in [2.05, 4.69) is 88.4 Å². The third kappa shape index (κ3) is 16.3. The van der Waals surface area contributed by atoms with Crippen molar-refractivity contribution in [3.63, 3.8) is 0 Å². The molecular weight excluding hydrogens is 1630 g/mol. The zero-order chi connectivity index (χ0) is 65.7. The molecule has 3 aliphatic heterocycles. The standard InChI is InChI=1S/C17H22BrClN2O4S.C12H14BrClN2O3S.C12H13BrN2O3S.C10H10BrClN2O2S.C7H14O3.Na.H/c18-13-7-14(16(19)20-11-13)26(22,23)21(17-8-12(9-17)10-17)4-6-25-15-3-1-2-5-24-15;13-9-3-10(11(14)15-7-9)20(18,19)16(1-2-17)12-4-8(5-12)6-12;13-9-3-10-11(14-7-9)18-2-1-15(19(10,16)17)12-4-8(5-12)6-12;11-7-1-8(9(12)13-5-7)17(15,16)14-10-2-6(3-10)4-10;8-4-6-10-7-3-1-2-5-9-7;;/h7,11-12,15H,1-6,8-10H2;3,7-8,17H,1-2,4-6H2;3,7-8H,1-2,4-6H2;1,5-6,14H,2-4H2;7-8H,1-6H2;;/q;;;;;+1;-1. The Balaban J connectivity index is 0.000000141. The predicted octanol–water partition coefficient (Wildman–Crippen LogP) is 7.36. The van der Waals surface area contributed by atoms with Gasteiger partial charge in [0.1, 0.15) is 41.6 Å². The first-order chi connectivity index (χ1) is 43.6. The maximum absolute atomic E-state index is 13.3. The van der Waals surface area contributed by atoms with Crippen molar-refractivity contribution in [2.24, 2.45) is 23.7 Å². The number of fused-ring (bicyclic) bond motifs is 1. The number of sulfonamides is 4. The van der Waals surface area contributed by atoms with Crippen molar-refractivity contribution in [2.75, 3.05) is 65.9 Å². The molecule has 4 aromatic heterocycles. The van der Waals surface area contributed by atoms with Crippen LogP contribution in [0.1, 0.15) is 117 Å². The topological polar surface area (TPSA) is 296 Å². The third-order valence-electron chi connectivity index (χ3n) is 19.2. The first-order valence-electron chi connectivity index (χ1n) is 30.7. The number of ether oxygens (including phenoxy) is 5. The van der Waals surface area contributed by atoms with Crippen LogP contribution in [0.4, 0.5) is 0 Å². The molecule has 8 bridgehead atoms. The molecule has 3 N–H and O–H groups in total. The Bertz CT molecular complexity index is 3780. The van der Waals surface area contributed by atoms with E-state index < -0.39 is 40.1 Å². The Morgan fingerprint density at radius 2 is 1.02 bits per heavy atom. The van der Waals surface area contributed by atoms with Crippen LogP contribution in [-0.2, 0) is 59.0 Å². The monoisotopic (exact) mass is 1690 g/mol. The molecule has 2 atom stereocenters. The second-order valence-corrected chi connectivity index (χ2v) is 37.5. The number of aliphatic hydroxyl groups excluding tert-OH is 2. The third-order valence-corrected chi connectivity index (χ3v) is 29.8. The molecule has 93 heavy (non-hydrogen) atoms. The van der Waals surface area contributed by atoms with E-state index in [0.29, 0.717) is 75.2 Å². The van der Waals surface area contributed by atoms with Gasteiger partial charge in [0.2, 0.25) is 46.0 Å². The number of aliphatic hydroxyl groups is 2. The van der Waals surface area contributed by atoms with Crippen molar-refractivity contribution in [1.82, 2.24) is 37.6 Å². The van der Waals surface area contributed by atoms with Crippen LogP contribution < -0.4 is 39.0 Å². The van der Waals surface area contributed by atoms with Gasteiger partial charge in [-0.05, 0) is 227 Å². The van der Waals surface area contributed by atoms with Gasteiger partial charge in [-0.2, -0.15) is 12.9 Å². The van der Waals surface area contributed by atoms with Gasteiger partial charge < -0.3 is 35.3 Å².